The number of rotatable bonds is 7. The third-order valence-corrected chi connectivity index (χ3v) is 11.1. The Labute approximate surface area is 179 Å². The van der Waals surface area contributed by atoms with Gasteiger partial charge in [0, 0.05) is 17.7 Å². The molecule has 2 amide bonds. The Balaban J connectivity index is 1.62. The molecule has 0 saturated carbocycles. The molecule has 0 aliphatic carbocycles. The van der Waals surface area contributed by atoms with Crippen LogP contribution in [0.25, 0.3) is 0 Å². The van der Waals surface area contributed by atoms with E-state index in [0.717, 1.165) is 0 Å². The van der Waals surface area contributed by atoms with Crippen molar-refractivity contribution in [1.82, 2.24) is 5.32 Å². The van der Waals surface area contributed by atoms with Crippen LogP contribution in [0.2, 0.25) is 18.1 Å². The maximum absolute atomic E-state index is 12.8. The topological polar surface area (TPSA) is 84.9 Å². The van der Waals surface area contributed by atoms with E-state index in [9.17, 15) is 14.4 Å². The summed E-state index contributed by atoms with van der Waals surface area (Å²) in [6, 6.07) is 6.71. The first-order chi connectivity index (χ1) is 13.9. The molecular weight excluding hydrogens is 400 g/mol. The van der Waals surface area contributed by atoms with Gasteiger partial charge >= 0.3 is 6.09 Å². The van der Waals surface area contributed by atoms with Gasteiger partial charge in [-0.15, -0.1) is 0 Å². The number of nitrogens with zero attached hydrogens (tertiary/aromatic N) is 1. The van der Waals surface area contributed by atoms with Crippen molar-refractivity contribution >= 4 is 31.8 Å². The second kappa shape index (κ2) is 8.15. The summed E-state index contributed by atoms with van der Waals surface area (Å²) in [6.45, 7) is 13.6. The Morgan fingerprint density at radius 1 is 1.27 bits per heavy atom. The van der Waals surface area contributed by atoms with E-state index in [0.29, 0.717) is 24.4 Å². The Morgan fingerprint density at radius 3 is 2.40 bits per heavy atom. The predicted octanol–water partition coefficient (Wildman–Crippen LogP) is 3.74. The first-order valence-corrected chi connectivity index (χ1v) is 13.4. The lowest BCUT2D eigenvalue weighted by molar-refractivity contribution is -0.139. The van der Waals surface area contributed by atoms with Crippen LogP contribution in [0.15, 0.2) is 24.3 Å². The Hall–Kier alpha value is -2.19. The fraction of sp³-hybridized carbons (Fsp3) is 0.591. The standard InChI is InChI=1S/C22H32N2O5Si/c1-14(29-30(5,6)22(2,3)4)19-17(23-20(19)26)13-18(25)15-7-9-16(10-8-15)24-11-12-28-21(24)27/h7-10,14,17,19H,11-13H2,1-6H3,(H,23,26)/t14-,17-,19-/m1/s1. The highest BCUT2D eigenvalue weighted by atomic mass is 28.4. The number of hydrogen-bond donors (Lipinski definition) is 1. The summed E-state index contributed by atoms with van der Waals surface area (Å²) in [6.07, 6.45) is -0.377. The normalized spacial score (nSPS) is 22.9. The summed E-state index contributed by atoms with van der Waals surface area (Å²) in [5.74, 6) is -0.413. The minimum atomic E-state index is -2.01. The third-order valence-electron chi connectivity index (χ3n) is 6.52. The van der Waals surface area contributed by atoms with Crippen LogP contribution in [0.4, 0.5) is 10.5 Å². The number of hydrogen-bond acceptors (Lipinski definition) is 5. The highest BCUT2D eigenvalue weighted by molar-refractivity contribution is 6.74. The SMILES string of the molecule is C[C@@H](O[Si](C)(C)C(C)(C)C)[C@H]1C(=O)N[C@@H]1CC(=O)c1ccc(N2CCOC2=O)cc1. The molecule has 2 heterocycles. The molecule has 2 aliphatic rings. The molecule has 0 aromatic heterocycles. The molecule has 0 radical (unpaired) electrons. The van der Waals surface area contributed by atoms with E-state index in [4.69, 9.17) is 9.16 Å². The van der Waals surface area contributed by atoms with Gasteiger partial charge < -0.3 is 14.5 Å². The van der Waals surface area contributed by atoms with Gasteiger partial charge in [0.05, 0.1) is 24.6 Å². The van der Waals surface area contributed by atoms with Crippen LogP contribution in [0.3, 0.4) is 0 Å². The van der Waals surface area contributed by atoms with Crippen molar-refractivity contribution in [3.63, 3.8) is 0 Å². The second-order valence-corrected chi connectivity index (χ2v) is 14.4. The van der Waals surface area contributed by atoms with Crippen LogP contribution in [0.1, 0.15) is 44.5 Å². The molecule has 2 fully saturated rings. The number of anilines is 1. The molecule has 2 saturated heterocycles. The van der Waals surface area contributed by atoms with Crippen LogP contribution in [0.5, 0.6) is 0 Å². The van der Waals surface area contributed by atoms with Crippen LogP contribution < -0.4 is 10.2 Å². The number of carbonyl (C=O) groups is 3. The predicted molar refractivity (Wildman–Crippen MR) is 117 cm³/mol. The largest absolute Gasteiger partial charge is 0.447 e. The van der Waals surface area contributed by atoms with Crippen molar-refractivity contribution in [3.05, 3.63) is 29.8 Å². The van der Waals surface area contributed by atoms with Crippen molar-refractivity contribution in [3.8, 4) is 0 Å². The average Bonchev–Trinajstić information content (AvgIpc) is 3.05. The lowest BCUT2D eigenvalue weighted by Crippen LogP contribution is -2.64. The van der Waals surface area contributed by atoms with Crippen LogP contribution in [-0.2, 0) is 14.0 Å². The zero-order chi connectivity index (χ0) is 22.3. The van der Waals surface area contributed by atoms with E-state index in [1.807, 2.05) is 6.92 Å². The number of ether oxygens (including phenoxy) is 1. The highest BCUT2D eigenvalue weighted by Crippen LogP contribution is 2.39. The Bertz CT molecular complexity index is 831. The zero-order valence-electron chi connectivity index (χ0n) is 18.7. The second-order valence-electron chi connectivity index (χ2n) is 9.66. The number of amides is 2. The molecular formula is C22H32N2O5Si. The lowest BCUT2D eigenvalue weighted by Gasteiger charge is -2.45. The summed E-state index contributed by atoms with van der Waals surface area (Å²) < 4.78 is 11.3. The maximum atomic E-state index is 12.8. The van der Waals surface area contributed by atoms with Gasteiger partial charge in [0.1, 0.15) is 6.61 Å². The van der Waals surface area contributed by atoms with Crippen molar-refractivity contribution in [2.45, 2.75) is 64.4 Å². The number of benzene rings is 1. The molecule has 0 spiro atoms. The van der Waals surface area contributed by atoms with E-state index in [1.165, 1.54) is 4.90 Å². The number of nitrogens with one attached hydrogen (secondary N) is 1. The van der Waals surface area contributed by atoms with E-state index in [2.05, 4.69) is 39.2 Å². The number of ketones is 1. The summed E-state index contributed by atoms with van der Waals surface area (Å²) in [5, 5.41) is 2.92. The Kier molecular flexibility index (Phi) is 6.11. The summed E-state index contributed by atoms with van der Waals surface area (Å²) in [4.78, 5) is 38.2. The molecule has 1 aromatic rings. The fourth-order valence-electron chi connectivity index (χ4n) is 3.66. The summed E-state index contributed by atoms with van der Waals surface area (Å²) in [5.41, 5.74) is 1.27. The minimum absolute atomic E-state index is 0.0416. The van der Waals surface area contributed by atoms with Crippen molar-refractivity contribution in [2.24, 2.45) is 5.92 Å². The van der Waals surface area contributed by atoms with Gasteiger partial charge in [0.2, 0.25) is 5.91 Å². The molecule has 8 heteroatoms. The van der Waals surface area contributed by atoms with Crippen LogP contribution in [0, 0.1) is 5.92 Å². The summed E-state index contributed by atoms with van der Waals surface area (Å²) >= 11 is 0. The molecule has 3 rings (SSSR count). The lowest BCUT2D eigenvalue weighted by atomic mass is 9.82. The van der Waals surface area contributed by atoms with E-state index in [1.54, 1.807) is 24.3 Å². The molecule has 0 unspecified atom stereocenters. The van der Waals surface area contributed by atoms with E-state index >= 15 is 0 Å². The van der Waals surface area contributed by atoms with Gasteiger partial charge in [0.15, 0.2) is 14.1 Å². The third kappa shape index (κ3) is 4.44. The van der Waals surface area contributed by atoms with Crippen molar-refractivity contribution in [2.75, 3.05) is 18.1 Å². The molecule has 30 heavy (non-hydrogen) atoms. The quantitative estimate of drug-likeness (QED) is 0.403. The zero-order valence-corrected chi connectivity index (χ0v) is 19.7. The van der Waals surface area contributed by atoms with Gasteiger partial charge in [-0.1, -0.05) is 20.8 Å². The number of carbonyl (C=O) groups excluding carboxylic acids is 3. The van der Waals surface area contributed by atoms with E-state index in [-0.39, 0.29) is 47.3 Å². The maximum Gasteiger partial charge on any atom is 0.414 e. The molecule has 1 N–H and O–H groups in total. The van der Waals surface area contributed by atoms with Gasteiger partial charge in [0.25, 0.3) is 0 Å². The van der Waals surface area contributed by atoms with Gasteiger partial charge in [-0.2, -0.15) is 0 Å². The van der Waals surface area contributed by atoms with Crippen molar-refractivity contribution < 1.29 is 23.5 Å². The monoisotopic (exact) mass is 432 g/mol. The molecule has 7 nitrogen and oxygen atoms in total. The fourth-order valence-corrected chi connectivity index (χ4v) is 5.09. The molecule has 2 aliphatic heterocycles. The first-order valence-electron chi connectivity index (χ1n) is 10.5. The molecule has 3 atom stereocenters. The van der Waals surface area contributed by atoms with E-state index < -0.39 is 8.32 Å². The highest BCUT2D eigenvalue weighted by Gasteiger charge is 2.47. The van der Waals surface area contributed by atoms with Crippen LogP contribution >= 0.6 is 0 Å². The number of Topliss-reactive ketones (excluding diaryl/α,β-unsaturated/α-hetero) is 1. The molecule has 1 aromatic carbocycles. The van der Waals surface area contributed by atoms with Gasteiger partial charge in [-0.25, -0.2) is 4.79 Å². The minimum Gasteiger partial charge on any atom is -0.447 e. The van der Waals surface area contributed by atoms with Crippen LogP contribution in [-0.4, -0.2) is 51.4 Å². The van der Waals surface area contributed by atoms with Gasteiger partial charge in [-0.05, 0) is 49.3 Å². The summed E-state index contributed by atoms with van der Waals surface area (Å²) in [7, 11) is -2.01. The molecule has 164 valence electrons. The molecule has 0 bridgehead atoms. The van der Waals surface area contributed by atoms with Gasteiger partial charge in [-0.3, -0.25) is 14.5 Å². The number of cyclic esters (lactones) is 1. The first kappa shape index (κ1) is 22.5. The number of β-lactam (4-membered cyclic amide) rings is 1. The smallest absolute Gasteiger partial charge is 0.414 e. The van der Waals surface area contributed by atoms with Crippen molar-refractivity contribution in [1.29, 1.82) is 0 Å². The Morgan fingerprint density at radius 2 is 1.90 bits per heavy atom. The average molecular weight is 433 g/mol.